The molecule has 0 atom stereocenters. The summed E-state index contributed by atoms with van der Waals surface area (Å²) < 4.78 is 11.8. The van der Waals surface area contributed by atoms with E-state index in [-0.39, 0.29) is 24.2 Å². The molecule has 0 bridgehead atoms. The number of aryl methyl sites for hydroxylation is 2. The van der Waals surface area contributed by atoms with Gasteiger partial charge in [-0.25, -0.2) is 4.79 Å². The van der Waals surface area contributed by atoms with Crippen molar-refractivity contribution >= 4 is 36.8 Å². The van der Waals surface area contributed by atoms with Gasteiger partial charge >= 0.3 is 5.97 Å². The lowest BCUT2D eigenvalue weighted by Gasteiger charge is -2.36. The van der Waals surface area contributed by atoms with E-state index >= 15 is 0 Å². The molecule has 0 aliphatic heterocycles. The number of aromatic nitrogens is 3. The highest BCUT2D eigenvalue weighted by atomic mass is 35.5. The van der Waals surface area contributed by atoms with Crippen LogP contribution in [0.5, 0.6) is 0 Å². The number of carbonyl (C=O) groups excluding carboxylic acids is 1. The molecule has 0 fully saturated rings. The van der Waals surface area contributed by atoms with Crippen LogP contribution in [-0.2, 0) is 28.4 Å². The maximum atomic E-state index is 13.0. The van der Waals surface area contributed by atoms with Gasteiger partial charge in [0.05, 0.1) is 22.8 Å². The van der Waals surface area contributed by atoms with Crippen LogP contribution in [0.3, 0.4) is 0 Å². The molecule has 0 saturated carbocycles. The van der Waals surface area contributed by atoms with E-state index in [4.69, 9.17) is 20.8 Å². The van der Waals surface area contributed by atoms with Crippen LogP contribution in [0.2, 0.25) is 23.2 Å². The summed E-state index contributed by atoms with van der Waals surface area (Å²) in [5, 5.41) is 18.8. The molecule has 0 unspecified atom stereocenters. The summed E-state index contributed by atoms with van der Waals surface area (Å²) in [5.41, 5.74) is 5.49. The Labute approximate surface area is 220 Å². The maximum absolute atomic E-state index is 13.0. The van der Waals surface area contributed by atoms with Gasteiger partial charge in [0.2, 0.25) is 0 Å². The van der Waals surface area contributed by atoms with Crippen LogP contribution in [0.1, 0.15) is 68.5 Å². The van der Waals surface area contributed by atoms with Crippen LogP contribution in [0.4, 0.5) is 0 Å². The van der Waals surface area contributed by atoms with Gasteiger partial charge in [-0.3, -0.25) is 5.10 Å². The zero-order valence-corrected chi connectivity index (χ0v) is 24.4. The third kappa shape index (κ3) is 5.72. The molecule has 0 spiro atoms. The second kappa shape index (κ2) is 11.5. The molecule has 198 valence electrons. The van der Waals surface area contributed by atoms with Crippen molar-refractivity contribution in [1.29, 1.82) is 0 Å². The normalized spacial score (nSPS) is 12.5. The Morgan fingerprint density at radius 1 is 1.17 bits per heavy atom. The fourth-order valence-electron chi connectivity index (χ4n) is 4.23. The first kappa shape index (κ1) is 28.4. The van der Waals surface area contributed by atoms with E-state index in [0.717, 1.165) is 51.8 Å². The quantitative estimate of drug-likeness (QED) is 0.149. The van der Waals surface area contributed by atoms with Crippen LogP contribution in [0.25, 0.3) is 22.0 Å². The van der Waals surface area contributed by atoms with Crippen molar-refractivity contribution in [2.24, 2.45) is 0 Å². The van der Waals surface area contributed by atoms with E-state index in [0.29, 0.717) is 30.2 Å². The highest BCUT2D eigenvalue weighted by molar-refractivity contribution is 6.74. The molecule has 0 radical (unpaired) electrons. The van der Waals surface area contributed by atoms with Crippen LogP contribution in [-0.4, -0.2) is 54.4 Å². The third-order valence-electron chi connectivity index (χ3n) is 7.22. The minimum Gasteiger partial charge on any atom is -0.461 e. The number of aliphatic hydroxyl groups excluding tert-OH is 1. The van der Waals surface area contributed by atoms with E-state index in [9.17, 15) is 9.90 Å². The lowest BCUT2D eigenvalue weighted by molar-refractivity contribution is 0.0519. The average Bonchev–Trinajstić information content (AvgIpc) is 3.37. The first-order valence-electron chi connectivity index (χ1n) is 12.8. The standard InChI is InChI=1S/C27H40ClN3O4Si/c1-8-20-23(21(14-15-32)31-30-20)22-19(28)13-12-18-17(25(29-24(18)22)26(33)34-9-2)11-10-16-35-36(6,7)27(3,4)5/h12-13,29,32H,8-11,14-16H2,1-7H3,(H,30,31). The van der Waals surface area contributed by atoms with Crippen molar-refractivity contribution in [3.8, 4) is 11.1 Å². The maximum Gasteiger partial charge on any atom is 0.355 e. The lowest BCUT2D eigenvalue weighted by atomic mass is 9.96. The molecule has 3 aromatic rings. The topological polar surface area (TPSA) is 100 Å². The average molecular weight is 534 g/mol. The Morgan fingerprint density at radius 2 is 1.89 bits per heavy atom. The highest BCUT2D eigenvalue weighted by Crippen LogP contribution is 2.41. The third-order valence-corrected chi connectivity index (χ3v) is 12.1. The van der Waals surface area contributed by atoms with Crippen molar-refractivity contribution < 1.29 is 19.1 Å². The Morgan fingerprint density at radius 3 is 2.50 bits per heavy atom. The predicted molar refractivity (Wildman–Crippen MR) is 148 cm³/mol. The number of aliphatic hydroxyl groups is 1. The molecule has 0 aliphatic carbocycles. The molecular formula is C27H40ClN3O4Si. The fourth-order valence-corrected chi connectivity index (χ4v) is 5.57. The van der Waals surface area contributed by atoms with Gasteiger partial charge in [0.1, 0.15) is 5.69 Å². The Balaban J connectivity index is 2.08. The van der Waals surface area contributed by atoms with E-state index < -0.39 is 8.32 Å². The van der Waals surface area contributed by atoms with Gasteiger partial charge in [0.25, 0.3) is 0 Å². The highest BCUT2D eigenvalue weighted by Gasteiger charge is 2.37. The molecular weight excluding hydrogens is 494 g/mol. The number of rotatable bonds is 11. The largest absolute Gasteiger partial charge is 0.461 e. The molecule has 0 amide bonds. The SMILES string of the molecule is CCOC(=O)c1[nH]c2c(-c3c(CCO)n[nH]c3CC)c(Cl)ccc2c1CCCO[Si](C)(C)C(C)(C)C. The number of carbonyl (C=O) groups is 1. The molecule has 9 heteroatoms. The molecule has 3 rings (SSSR count). The minimum absolute atomic E-state index is 0.0209. The molecule has 7 nitrogen and oxygen atoms in total. The van der Waals surface area contributed by atoms with Crippen LogP contribution in [0.15, 0.2) is 12.1 Å². The second-order valence-corrected chi connectivity index (χ2v) is 15.8. The van der Waals surface area contributed by atoms with Crippen LogP contribution < -0.4 is 0 Å². The zero-order chi connectivity index (χ0) is 26.7. The first-order valence-corrected chi connectivity index (χ1v) is 16.1. The van der Waals surface area contributed by atoms with Gasteiger partial charge in [-0.2, -0.15) is 5.10 Å². The smallest absolute Gasteiger partial charge is 0.355 e. The summed E-state index contributed by atoms with van der Waals surface area (Å²) in [6, 6.07) is 3.83. The first-order chi connectivity index (χ1) is 17.0. The van der Waals surface area contributed by atoms with Crippen molar-refractivity contribution in [1.82, 2.24) is 15.2 Å². The molecule has 0 saturated heterocycles. The number of esters is 1. The lowest BCUT2D eigenvalue weighted by Crippen LogP contribution is -2.41. The number of nitrogens with one attached hydrogen (secondary N) is 2. The van der Waals surface area contributed by atoms with Crippen LogP contribution in [0, 0.1) is 0 Å². The number of benzene rings is 1. The van der Waals surface area contributed by atoms with Gasteiger partial charge in [0.15, 0.2) is 8.32 Å². The number of H-pyrrole nitrogens is 2. The summed E-state index contributed by atoms with van der Waals surface area (Å²) in [7, 11) is -1.85. The Bertz CT molecular complexity index is 1210. The molecule has 1 aromatic carbocycles. The predicted octanol–water partition coefficient (Wildman–Crippen LogP) is 6.44. The van der Waals surface area contributed by atoms with Gasteiger partial charge in [-0.1, -0.05) is 45.4 Å². The van der Waals surface area contributed by atoms with Gasteiger partial charge < -0.3 is 19.3 Å². The van der Waals surface area contributed by atoms with E-state index in [1.54, 1.807) is 6.92 Å². The zero-order valence-electron chi connectivity index (χ0n) is 22.6. The summed E-state index contributed by atoms with van der Waals surface area (Å²) >= 11 is 6.76. The number of aromatic amines is 2. The Hall–Kier alpha value is -2.13. The summed E-state index contributed by atoms with van der Waals surface area (Å²) in [4.78, 5) is 16.3. The van der Waals surface area contributed by atoms with Crippen molar-refractivity contribution in [2.75, 3.05) is 19.8 Å². The number of halogens is 1. The van der Waals surface area contributed by atoms with Crippen molar-refractivity contribution in [3.05, 3.63) is 39.8 Å². The molecule has 0 aliphatic rings. The number of fused-ring (bicyclic) bond motifs is 1. The molecule has 3 N–H and O–H groups in total. The summed E-state index contributed by atoms with van der Waals surface area (Å²) in [6.45, 7) is 15.9. The molecule has 2 heterocycles. The van der Waals surface area contributed by atoms with Gasteiger partial charge in [-0.05, 0) is 55.9 Å². The summed E-state index contributed by atoms with van der Waals surface area (Å²) in [6.07, 6.45) is 2.58. The number of hydrogen-bond donors (Lipinski definition) is 3. The number of nitrogens with zero attached hydrogens (tertiary/aromatic N) is 1. The van der Waals surface area contributed by atoms with Crippen molar-refractivity contribution in [3.63, 3.8) is 0 Å². The Kier molecular flexibility index (Phi) is 9.09. The number of hydrogen-bond acceptors (Lipinski definition) is 5. The van der Waals surface area contributed by atoms with Gasteiger partial charge in [-0.15, -0.1) is 0 Å². The minimum atomic E-state index is -1.85. The van der Waals surface area contributed by atoms with Crippen molar-refractivity contribution in [2.45, 2.75) is 78.4 Å². The monoisotopic (exact) mass is 533 g/mol. The molecule has 36 heavy (non-hydrogen) atoms. The van der Waals surface area contributed by atoms with Gasteiger partial charge in [0, 0.05) is 41.8 Å². The number of ether oxygens (including phenoxy) is 1. The second-order valence-electron chi connectivity index (χ2n) is 10.6. The molecule has 2 aromatic heterocycles. The van der Waals surface area contributed by atoms with E-state index in [2.05, 4.69) is 49.0 Å². The van der Waals surface area contributed by atoms with Crippen LogP contribution >= 0.6 is 11.6 Å². The summed E-state index contributed by atoms with van der Waals surface area (Å²) in [5.74, 6) is -0.380. The van der Waals surface area contributed by atoms with E-state index in [1.165, 1.54) is 0 Å². The van der Waals surface area contributed by atoms with E-state index in [1.807, 2.05) is 19.1 Å². The fraction of sp³-hybridized carbons (Fsp3) is 0.556.